The molecule has 0 bridgehead atoms. The largest absolute Gasteiger partial charge is 0.367 e. The lowest BCUT2D eigenvalue weighted by molar-refractivity contribution is -0.130. The number of rotatable bonds is 6. The second-order valence-corrected chi connectivity index (χ2v) is 4.25. The van der Waals surface area contributed by atoms with Crippen molar-refractivity contribution in [3.05, 3.63) is 66.0 Å². The Hall–Kier alpha value is -2.20. The van der Waals surface area contributed by atoms with E-state index in [0.29, 0.717) is 13.0 Å². The zero-order chi connectivity index (χ0) is 13.5. The van der Waals surface area contributed by atoms with E-state index < -0.39 is 12.0 Å². The number of hydrogen-bond donors (Lipinski definition) is 1. The van der Waals surface area contributed by atoms with Crippen molar-refractivity contribution in [2.45, 2.75) is 19.1 Å². The predicted octanol–water partition coefficient (Wildman–Crippen LogP) is 1.69. The molecule has 0 fully saturated rings. The summed E-state index contributed by atoms with van der Waals surface area (Å²) in [7, 11) is 0. The van der Waals surface area contributed by atoms with Crippen molar-refractivity contribution < 1.29 is 9.53 Å². The van der Waals surface area contributed by atoms with Crippen molar-refractivity contribution in [2.75, 3.05) is 0 Å². The van der Waals surface area contributed by atoms with Crippen LogP contribution in [0.25, 0.3) is 0 Å². The number of hydrogen-bond acceptors (Lipinski definition) is 3. The van der Waals surface area contributed by atoms with Gasteiger partial charge in [0.15, 0.2) is 0 Å². The zero-order valence-electron chi connectivity index (χ0n) is 10.5. The topological polar surface area (TPSA) is 65.2 Å². The molecule has 2 N–H and O–H groups in total. The third kappa shape index (κ3) is 4.19. The molecule has 4 heteroatoms. The Labute approximate surface area is 112 Å². The van der Waals surface area contributed by atoms with Crippen molar-refractivity contribution >= 4 is 5.91 Å². The number of carbonyl (C=O) groups excluding carboxylic acids is 1. The number of benzene rings is 1. The monoisotopic (exact) mass is 256 g/mol. The number of primary amides is 1. The molecular formula is C15H16N2O2. The van der Waals surface area contributed by atoms with Gasteiger partial charge in [0.25, 0.3) is 0 Å². The molecule has 2 aromatic rings. The van der Waals surface area contributed by atoms with Gasteiger partial charge in [0, 0.05) is 18.8 Å². The summed E-state index contributed by atoms with van der Waals surface area (Å²) in [5.41, 5.74) is 7.31. The first kappa shape index (κ1) is 13.2. The van der Waals surface area contributed by atoms with Crippen LogP contribution in [0.2, 0.25) is 0 Å². The number of ether oxygens (including phenoxy) is 1. The van der Waals surface area contributed by atoms with E-state index in [0.717, 1.165) is 11.1 Å². The molecule has 1 aromatic carbocycles. The first-order chi connectivity index (χ1) is 9.25. The molecule has 0 radical (unpaired) electrons. The number of amides is 1. The van der Waals surface area contributed by atoms with Crippen molar-refractivity contribution in [2.24, 2.45) is 5.73 Å². The van der Waals surface area contributed by atoms with Crippen molar-refractivity contribution in [1.82, 2.24) is 4.98 Å². The van der Waals surface area contributed by atoms with Crippen LogP contribution in [0.15, 0.2) is 54.9 Å². The van der Waals surface area contributed by atoms with Crippen LogP contribution in [0.5, 0.6) is 0 Å². The van der Waals surface area contributed by atoms with Gasteiger partial charge in [-0.3, -0.25) is 9.78 Å². The standard InChI is InChI=1S/C15H16N2O2/c16-15(18)14(9-12-5-2-1-3-6-12)19-11-13-7-4-8-17-10-13/h1-8,10,14H,9,11H2,(H2,16,18). The van der Waals surface area contributed by atoms with Gasteiger partial charge in [-0.15, -0.1) is 0 Å². The fourth-order valence-electron chi connectivity index (χ4n) is 1.75. The minimum absolute atomic E-state index is 0.328. The van der Waals surface area contributed by atoms with E-state index in [1.54, 1.807) is 12.4 Å². The summed E-state index contributed by atoms with van der Waals surface area (Å²) in [4.78, 5) is 15.4. The first-order valence-electron chi connectivity index (χ1n) is 6.09. The van der Waals surface area contributed by atoms with E-state index in [2.05, 4.69) is 4.98 Å². The molecule has 0 aliphatic heterocycles. The molecule has 4 nitrogen and oxygen atoms in total. The Morgan fingerprint density at radius 2 is 1.89 bits per heavy atom. The van der Waals surface area contributed by atoms with Crippen molar-refractivity contribution in [3.8, 4) is 0 Å². The van der Waals surface area contributed by atoms with Crippen LogP contribution in [-0.4, -0.2) is 17.0 Å². The van der Waals surface area contributed by atoms with Gasteiger partial charge in [-0.1, -0.05) is 36.4 Å². The van der Waals surface area contributed by atoms with Gasteiger partial charge in [0.1, 0.15) is 6.10 Å². The molecule has 19 heavy (non-hydrogen) atoms. The van der Waals surface area contributed by atoms with Crippen molar-refractivity contribution in [3.63, 3.8) is 0 Å². The molecular weight excluding hydrogens is 240 g/mol. The lowest BCUT2D eigenvalue weighted by Gasteiger charge is -2.14. The predicted molar refractivity (Wildman–Crippen MR) is 72.2 cm³/mol. The van der Waals surface area contributed by atoms with Crippen LogP contribution >= 0.6 is 0 Å². The molecule has 0 aliphatic carbocycles. The van der Waals surface area contributed by atoms with Gasteiger partial charge in [0.2, 0.25) is 5.91 Å². The Kier molecular flexibility index (Phi) is 4.64. The summed E-state index contributed by atoms with van der Waals surface area (Å²) in [6.45, 7) is 0.328. The maximum absolute atomic E-state index is 11.4. The molecule has 1 amide bonds. The summed E-state index contributed by atoms with van der Waals surface area (Å²) < 4.78 is 5.58. The molecule has 0 aliphatic rings. The Bertz CT molecular complexity index is 514. The molecule has 1 aromatic heterocycles. The smallest absolute Gasteiger partial charge is 0.246 e. The Morgan fingerprint density at radius 1 is 1.16 bits per heavy atom. The molecule has 1 heterocycles. The molecule has 1 atom stereocenters. The normalized spacial score (nSPS) is 12.0. The van der Waals surface area contributed by atoms with Gasteiger partial charge in [-0.05, 0) is 17.2 Å². The zero-order valence-corrected chi connectivity index (χ0v) is 10.5. The van der Waals surface area contributed by atoms with Crippen LogP contribution in [0, 0.1) is 0 Å². The minimum Gasteiger partial charge on any atom is -0.367 e. The van der Waals surface area contributed by atoms with E-state index in [1.807, 2.05) is 42.5 Å². The van der Waals surface area contributed by atoms with E-state index in [-0.39, 0.29) is 0 Å². The maximum Gasteiger partial charge on any atom is 0.246 e. The molecule has 0 saturated carbocycles. The van der Waals surface area contributed by atoms with Gasteiger partial charge in [-0.25, -0.2) is 0 Å². The fraction of sp³-hybridized carbons (Fsp3) is 0.200. The van der Waals surface area contributed by atoms with Crippen LogP contribution in [0.1, 0.15) is 11.1 Å². The Balaban J connectivity index is 1.95. The quantitative estimate of drug-likeness (QED) is 0.855. The van der Waals surface area contributed by atoms with Crippen LogP contribution in [0.4, 0.5) is 0 Å². The third-order valence-electron chi connectivity index (χ3n) is 2.76. The average molecular weight is 256 g/mol. The highest BCUT2D eigenvalue weighted by molar-refractivity contribution is 5.79. The molecule has 98 valence electrons. The summed E-state index contributed by atoms with van der Waals surface area (Å²) in [5.74, 6) is -0.451. The van der Waals surface area contributed by atoms with E-state index in [1.165, 1.54) is 0 Å². The van der Waals surface area contributed by atoms with Crippen molar-refractivity contribution in [1.29, 1.82) is 0 Å². The summed E-state index contributed by atoms with van der Waals surface area (Å²) >= 11 is 0. The molecule has 2 rings (SSSR count). The number of carbonyl (C=O) groups is 1. The van der Waals surface area contributed by atoms with E-state index in [9.17, 15) is 4.79 Å². The number of nitrogens with zero attached hydrogens (tertiary/aromatic N) is 1. The third-order valence-corrected chi connectivity index (χ3v) is 2.76. The highest BCUT2D eigenvalue weighted by Crippen LogP contribution is 2.08. The summed E-state index contributed by atoms with van der Waals surface area (Å²) in [6, 6.07) is 13.4. The molecule has 1 unspecified atom stereocenters. The van der Waals surface area contributed by atoms with Crippen LogP contribution in [0.3, 0.4) is 0 Å². The maximum atomic E-state index is 11.4. The van der Waals surface area contributed by atoms with E-state index >= 15 is 0 Å². The van der Waals surface area contributed by atoms with Gasteiger partial charge in [-0.2, -0.15) is 0 Å². The lowest BCUT2D eigenvalue weighted by Crippen LogP contribution is -2.33. The summed E-state index contributed by atoms with van der Waals surface area (Å²) in [5, 5.41) is 0. The van der Waals surface area contributed by atoms with Crippen LogP contribution in [-0.2, 0) is 22.6 Å². The first-order valence-corrected chi connectivity index (χ1v) is 6.09. The number of pyridine rings is 1. The van der Waals surface area contributed by atoms with E-state index in [4.69, 9.17) is 10.5 Å². The highest BCUT2D eigenvalue weighted by atomic mass is 16.5. The number of aromatic nitrogens is 1. The minimum atomic E-state index is -0.623. The summed E-state index contributed by atoms with van der Waals surface area (Å²) in [6.07, 6.45) is 3.26. The Morgan fingerprint density at radius 3 is 2.53 bits per heavy atom. The second kappa shape index (κ2) is 6.66. The van der Waals surface area contributed by atoms with Gasteiger partial charge in [0.05, 0.1) is 6.61 Å². The second-order valence-electron chi connectivity index (χ2n) is 4.25. The molecule has 0 spiro atoms. The SMILES string of the molecule is NC(=O)C(Cc1ccccc1)OCc1cccnc1. The van der Waals surface area contributed by atoms with Gasteiger partial charge < -0.3 is 10.5 Å². The van der Waals surface area contributed by atoms with Crippen LogP contribution < -0.4 is 5.73 Å². The highest BCUT2D eigenvalue weighted by Gasteiger charge is 2.16. The molecule has 0 saturated heterocycles. The number of nitrogens with two attached hydrogens (primary N) is 1. The fourth-order valence-corrected chi connectivity index (χ4v) is 1.75. The lowest BCUT2D eigenvalue weighted by atomic mass is 10.1. The average Bonchev–Trinajstić information content (AvgIpc) is 2.45. The van der Waals surface area contributed by atoms with Gasteiger partial charge >= 0.3 is 0 Å².